The van der Waals surface area contributed by atoms with Crippen molar-refractivity contribution in [2.75, 3.05) is 32.1 Å². The average molecular weight is 408 g/mol. The maximum Gasteiger partial charge on any atom is 0.147 e. The second kappa shape index (κ2) is 7.89. The number of hydrogen-bond acceptors (Lipinski definition) is 3. The van der Waals surface area contributed by atoms with Gasteiger partial charge >= 0.3 is 0 Å². The Labute approximate surface area is 160 Å². The molecule has 0 bridgehead atoms. The minimum absolute atomic E-state index is 0. The molecule has 130 valence electrons. The highest BCUT2D eigenvalue weighted by atomic mass is 79.9. The Kier molecular flexibility index (Phi) is 6.34. The van der Waals surface area contributed by atoms with E-state index in [-0.39, 0.29) is 17.0 Å². The average Bonchev–Trinajstić information content (AvgIpc) is 2.54. The van der Waals surface area contributed by atoms with Gasteiger partial charge in [0.25, 0.3) is 0 Å². The normalized spacial score (nSPS) is 13.3. The quantitative estimate of drug-likeness (QED) is 0.699. The van der Waals surface area contributed by atoms with Crippen molar-refractivity contribution in [2.24, 2.45) is 0 Å². The number of fused-ring (bicyclic) bond motifs is 2. The molecule has 0 spiro atoms. The molecule has 0 amide bonds. The van der Waals surface area contributed by atoms with Crippen LogP contribution in [0.3, 0.4) is 0 Å². The third kappa shape index (κ3) is 3.95. The third-order valence-corrected chi connectivity index (χ3v) is 6.00. The van der Waals surface area contributed by atoms with Crippen LogP contribution < -0.4 is 21.9 Å². The summed E-state index contributed by atoms with van der Waals surface area (Å²) in [6.07, 6.45) is 3.05. The Morgan fingerprint density at radius 1 is 1.08 bits per heavy atom. The van der Waals surface area contributed by atoms with E-state index < -0.39 is 0 Å². The Bertz CT molecular complexity index is 642. The summed E-state index contributed by atoms with van der Waals surface area (Å²) in [5, 5.41) is 0. The van der Waals surface area contributed by atoms with Gasteiger partial charge < -0.3 is 26.4 Å². The van der Waals surface area contributed by atoms with Gasteiger partial charge in [0.15, 0.2) is 0 Å². The lowest BCUT2D eigenvalue weighted by Gasteiger charge is -2.36. The molecule has 0 radical (unpaired) electrons. The van der Waals surface area contributed by atoms with Gasteiger partial charge in [0, 0.05) is 24.1 Å². The van der Waals surface area contributed by atoms with Gasteiger partial charge in [-0.3, -0.25) is 0 Å². The molecule has 2 aromatic rings. The summed E-state index contributed by atoms with van der Waals surface area (Å²) >= 11 is 1.82. The van der Waals surface area contributed by atoms with E-state index in [0.717, 1.165) is 23.3 Å². The Balaban J connectivity index is 0.00000208. The standard InChI is InChI=1S/C19H26N3S.BrH/c1-15(2)22(3,4)14-8-13-21-16-9-5-6-10-17(16)23-18-11-7-12-20-19(18)21;/h5-7,9-12,15H,8,13-14H2,1-4H3;1H/q+1;/p-1. The van der Waals surface area contributed by atoms with Crippen molar-refractivity contribution in [3.05, 3.63) is 42.6 Å². The summed E-state index contributed by atoms with van der Waals surface area (Å²) in [6.45, 7) is 6.77. The minimum atomic E-state index is 0. The lowest BCUT2D eigenvalue weighted by Crippen LogP contribution is -3.00. The Morgan fingerprint density at radius 3 is 2.54 bits per heavy atom. The molecule has 5 heteroatoms. The largest absolute Gasteiger partial charge is 1.00 e. The fourth-order valence-electron chi connectivity index (χ4n) is 2.78. The predicted octanol–water partition coefficient (Wildman–Crippen LogP) is 1.56. The van der Waals surface area contributed by atoms with Crippen LogP contribution in [0.4, 0.5) is 11.5 Å². The molecule has 0 fully saturated rings. The van der Waals surface area contributed by atoms with E-state index >= 15 is 0 Å². The maximum atomic E-state index is 4.65. The van der Waals surface area contributed by atoms with E-state index in [1.165, 1.54) is 22.0 Å². The van der Waals surface area contributed by atoms with Gasteiger partial charge in [0.2, 0.25) is 0 Å². The number of halogens is 1. The molecular weight excluding hydrogens is 382 g/mol. The highest BCUT2D eigenvalue weighted by Crippen LogP contribution is 2.46. The first kappa shape index (κ1) is 19.3. The maximum absolute atomic E-state index is 4.65. The Hall–Kier alpha value is -1.04. The second-order valence-corrected chi connectivity index (χ2v) is 8.08. The zero-order valence-corrected chi connectivity index (χ0v) is 17.3. The van der Waals surface area contributed by atoms with Gasteiger partial charge in [0.1, 0.15) is 5.82 Å². The molecule has 0 N–H and O–H groups in total. The van der Waals surface area contributed by atoms with Crippen LogP contribution in [0.5, 0.6) is 0 Å². The summed E-state index contributed by atoms with van der Waals surface area (Å²) in [5.41, 5.74) is 1.29. The van der Waals surface area contributed by atoms with Crippen LogP contribution in [0.2, 0.25) is 0 Å². The van der Waals surface area contributed by atoms with Gasteiger partial charge in [-0.15, -0.1) is 0 Å². The lowest BCUT2D eigenvalue weighted by molar-refractivity contribution is -0.911. The van der Waals surface area contributed by atoms with Crippen molar-refractivity contribution in [3.63, 3.8) is 0 Å². The minimum Gasteiger partial charge on any atom is -1.00 e. The fraction of sp³-hybridized carbons (Fsp3) is 0.421. The highest BCUT2D eigenvalue weighted by Gasteiger charge is 2.25. The Morgan fingerprint density at radius 2 is 1.79 bits per heavy atom. The number of para-hydroxylation sites is 1. The van der Waals surface area contributed by atoms with E-state index in [0.29, 0.717) is 6.04 Å². The molecule has 1 aliphatic rings. The zero-order valence-electron chi connectivity index (χ0n) is 14.9. The van der Waals surface area contributed by atoms with Gasteiger partial charge in [-0.1, -0.05) is 23.9 Å². The van der Waals surface area contributed by atoms with Gasteiger partial charge in [0.05, 0.1) is 37.3 Å². The van der Waals surface area contributed by atoms with Crippen molar-refractivity contribution in [3.8, 4) is 0 Å². The molecule has 0 saturated carbocycles. The van der Waals surface area contributed by atoms with Gasteiger partial charge in [-0.25, -0.2) is 4.98 Å². The summed E-state index contributed by atoms with van der Waals surface area (Å²) in [7, 11) is 4.63. The third-order valence-electron chi connectivity index (χ3n) is 4.90. The van der Waals surface area contributed by atoms with Crippen molar-refractivity contribution in [1.82, 2.24) is 4.98 Å². The van der Waals surface area contributed by atoms with Crippen molar-refractivity contribution >= 4 is 23.3 Å². The fourth-order valence-corrected chi connectivity index (χ4v) is 3.85. The summed E-state index contributed by atoms with van der Waals surface area (Å²) < 4.78 is 1.05. The summed E-state index contributed by atoms with van der Waals surface area (Å²) in [6, 6.07) is 13.5. The number of anilines is 2. The zero-order chi connectivity index (χ0) is 16.4. The number of aromatic nitrogens is 1. The molecule has 1 aromatic carbocycles. The number of nitrogens with zero attached hydrogens (tertiary/aromatic N) is 3. The number of pyridine rings is 1. The predicted molar refractivity (Wildman–Crippen MR) is 98.5 cm³/mol. The van der Waals surface area contributed by atoms with Crippen LogP contribution in [0, 0.1) is 0 Å². The molecule has 0 atom stereocenters. The first-order valence-electron chi connectivity index (χ1n) is 8.31. The van der Waals surface area contributed by atoms with E-state index in [1.807, 2.05) is 24.0 Å². The molecule has 2 heterocycles. The topological polar surface area (TPSA) is 16.1 Å². The van der Waals surface area contributed by atoms with Crippen molar-refractivity contribution in [2.45, 2.75) is 36.1 Å². The molecule has 1 aromatic heterocycles. The second-order valence-electron chi connectivity index (χ2n) is 7.00. The van der Waals surface area contributed by atoms with Crippen LogP contribution in [-0.4, -0.2) is 42.7 Å². The molecule has 0 aliphatic carbocycles. The van der Waals surface area contributed by atoms with Crippen LogP contribution in [0.25, 0.3) is 0 Å². The van der Waals surface area contributed by atoms with Crippen LogP contribution >= 0.6 is 11.8 Å². The molecule has 24 heavy (non-hydrogen) atoms. The molecule has 3 nitrogen and oxygen atoms in total. The van der Waals surface area contributed by atoms with E-state index in [9.17, 15) is 0 Å². The summed E-state index contributed by atoms with van der Waals surface area (Å²) in [4.78, 5) is 9.62. The highest BCUT2D eigenvalue weighted by molar-refractivity contribution is 7.99. The smallest absolute Gasteiger partial charge is 0.147 e. The number of quaternary nitrogens is 1. The van der Waals surface area contributed by atoms with E-state index in [4.69, 9.17) is 0 Å². The monoisotopic (exact) mass is 407 g/mol. The molecule has 0 unspecified atom stereocenters. The number of hydrogen-bond donors (Lipinski definition) is 0. The van der Waals surface area contributed by atoms with Gasteiger partial charge in [-0.05, 0) is 38.1 Å². The van der Waals surface area contributed by atoms with Crippen molar-refractivity contribution in [1.29, 1.82) is 0 Å². The molecular formula is C19H26BrN3S. The van der Waals surface area contributed by atoms with Gasteiger partial charge in [-0.2, -0.15) is 0 Å². The van der Waals surface area contributed by atoms with Crippen LogP contribution in [0.1, 0.15) is 20.3 Å². The van der Waals surface area contributed by atoms with Crippen LogP contribution in [-0.2, 0) is 0 Å². The molecule has 1 aliphatic heterocycles. The van der Waals surface area contributed by atoms with E-state index in [1.54, 1.807) is 0 Å². The van der Waals surface area contributed by atoms with Crippen LogP contribution in [0.15, 0.2) is 52.4 Å². The first-order valence-corrected chi connectivity index (χ1v) is 9.13. The number of benzene rings is 1. The first-order chi connectivity index (χ1) is 11.0. The summed E-state index contributed by atoms with van der Waals surface area (Å²) in [5.74, 6) is 1.10. The lowest BCUT2D eigenvalue weighted by atomic mass is 10.2. The molecule has 3 rings (SSSR count). The van der Waals surface area contributed by atoms with E-state index in [2.05, 4.69) is 68.2 Å². The van der Waals surface area contributed by atoms with Crippen molar-refractivity contribution < 1.29 is 21.5 Å². The number of rotatable bonds is 5. The molecule has 0 saturated heterocycles. The SMILES string of the molecule is CC(C)[N+](C)(C)CCCN1c2ccccc2Sc2cccnc21.[Br-].